The van der Waals surface area contributed by atoms with Gasteiger partial charge in [0, 0.05) is 32.9 Å². The van der Waals surface area contributed by atoms with Crippen molar-refractivity contribution in [3.63, 3.8) is 0 Å². The molecule has 234 valence electrons. The lowest BCUT2D eigenvalue weighted by Gasteiger charge is -2.11. The maximum atomic E-state index is 8.52. The van der Waals surface area contributed by atoms with Crippen molar-refractivity contribution < 1.29 is 2.74 Å². The largest absolute Gasteiger partial charge is 0.309 e. The zero-order chi connectivity index (χ0) is 34.8. The Labute approximate surface area is 293 Å². The van der Waals surface area contributed by atoms with Gasteiger partial charge in [-0.15, -0.1) is 0 Å². The van der Waals surface area contributed by atoms with Crippen molar-refractivity contribution in [3.8, 4) is 44.8 Å². The molecule has 0 amide bonds. The predicted octanol–water partition coefficient (Wildman–Crippen LogP) is 12.9. The van der Waals surface area contributed by atoms with Crippen LogP contribution < -0.4 is 0 Å². The van der Waals surface area contributed by atoms with Crippen LogP contribution in [0.4, 0.5) is 0 Å². The van der Waals surface area contributed by atoms with Crippen LogP contribution in [-0.4, -0.2) is 9.13 Å². The fourth-order valence-electron chi connectivity index (χ4n) is 7.62. The summed E-state index contributed by atoms with van der Waals surface area (Å²) in [6.07, 6.45) is 0. The summed E-state index contributed by atoms with van der Waals surface area (Å²) in [7, 11) is 0. The molecule has 2 heterocycles. The Hall–Kier alpha value is -6.64. The van der Waals surface area contributed by atoms with Gasteiger partial charge in [-0.1, -0.05) is 133 Å². The topological polar surface area (TPSA) is 9.86 Å². The maximum Gasteiger partial charge on any atom is 0.0623 e. The number of benzene rings is 8. The SMILES string of the molecule is [2H]c1ccc2c(c1)c1cc(-c3ccc4c(c3)c3cc([2H])ccc3n4-c3cccc(-c4ccccc4)c3)ccc1n2-c1ccc(-c2ccccc2)cc1. The molecule has 0 unspecified atom stereocenters. The number of fused-ring (bicyclic) bond motifs is 6. The third kappa shape index (κ3) is 4.57. The average Bonchev–Trinajstić information content (AvgIpc) is 3.70. The molecule has 8 aromatic carbocycles. The fraction of sp³-hybridized carbons (Fsp3) is 0. The molecule has 2 nitrogen and oxygen atoms in total. The summed E-state index contributed by atoms with van der Waals surface area (Å²) >= 11 is 0. The van der Waals surface area contributed by atoms with E-state index in [0.29, 0.717) is 12.1 Å². The Morgan fingerprint density at radius 2 is 0.720 bits per heavy atom. The standard InChI is InChI=1S/C48H32N2/c1-3-12-33(13-4-1)35-22-26-39(27-23-35)49-45-20-9-7-18-41(45)43-31-37(24-28-47(43)49)38-25-29-48-44(32-38)42-19-8-10-21-46(42)50(48)40-17-11-16-36(30-40)34-14-5-2-6-15-34/h1-32H/i7D,8D. The van der Waals surface area contributed by atoms with Gasteiger partial charge in [-0.2, -0.15) is 0 Å². The molecule has 0 atom stereocenters. The average molecular weight is 639 g/mol. The third-order valence-electron chi connectivity index (χ3n) is 10.00. The zero-order valence-electron chi connectivity index (χ0n) is 29.2. The molecule has 0 spiro atoms. The first-order valence-electron chi connectivity index (χ1n) is 18.0. The highest BCUT2D eigenvalue weighted by atomic mass is 15.0. The molecule has 50 heavy (non-hydrogen) atoms. The van der Waals surface area contributed by atoms with Crippen molar-refractivity contribution in [2.45, 2.75) is 0 Å². The van der Waals surface area contributed by atoms with Gasteiger partial charge < -0.3 is 9.13 Å². The molecular weight excluding hydrogens is 605 g/mol. The zero-order valence-corrected chi connectivity index (χ0v) is 27.2. The highest BCUT2D eigenvalue weighted by molar-refractivity contribution is 6.12. The first kappa shape index (κ1) is 26.3. The van der Waals surface area contributed by atoms with Crippen LogP contribution in [0.1, 0.15) is 2.74 Å². The van der Waals surface area contributed by atoms with Gasteiger partial charge in [0.1, 0.15) is 0 Å². The van der Waals surface area contributed by atoms with Crippen molar-refractivity contribution in [3.05, 3.63) is 194 Å². The number of hydrogen-bond donors (Lipinski definition) is 0. The van der Waals surface area contributed by atoms with E-state index in [0.717, 1.165) is 71.7 Å². The molecule has 0 aliphatic rings. The molecule has 0 bridgehead atoms. The number of rotatable bonds is 5. The van der Waals surface area contributed by atoms with Crippen LogP contribution in [0.15, 0.2) is 194 Å². The second-order valence-corrected chi connectivity index (χ2v) is 12.9. The van der Waals surface area contributed by atoms with E-state index in [4.69, 9.17) is 2.74 Å². The summed E-state index contributed by atoms with van der Waals surface area (Å²) in [6, 6.07) is 64.5. The molecule has 0 fully saturated rings. The van der Waals surface area contributed by atoms with E-state index < -0.39 is 0 Å². The van der Waals surface area contributed by atoms with Gasteiger partial charge in [-0.3, -0.25) is 0 Å². The van der Waals surface area contributed by atoms with Crippen LogP contribution in [0, 0.1) is 0 Å². The molecule has 2 heteroatoms. The molecule has 0 radical (unpaired) electrons. The monoisotopic (exact) mass is 638 g/mol. The minimum absolute atomic E-state index is 0.493. The maximum absolute atomic E-state index is 8.52. The van der Waals surface area contributed by atoms with Crippen LogP contribution in [0.25, 0.3) is 88.4 Å². The summed E-state index contributed by atoms with van der Waals surface area (Å²) in [5.41, 5.74) is 13.5. The van der Waals surface area contributed by atoms with Gasteiger partial charge >= 0.3 is 0 Å². The summed E-state index contributed by atoms with van der Waals surface area (Å²) < 4.78 is 21.6. The molecule has 2 aromatic heterocycles. The molecule has 0 N–H and O–H groups in total. The highest BCUT2D eigenvalue weighted by Crippen LogP contribution is 2.39. The molecule has 0 saturated heterocycles. The van der Waals surface area contributed by atoms with Crippen molar-refractivity contribution >= 4 is 43.6 Å². The second kappa shape index (κ2) is 11.5. The number of hydrogen-bond acceptors (Lipinski definition) is 0. The third-order valence-corrected chi connectivity index (χ3v) is 10.00. The normalized spacial score (nSPS) is 12.2. The first-order valence-corrected chi connectivity index (χ1v) is 17.0. The molecule has 0 aliphatic heterocycles. The van der Waals surface area contributed by atoms with Gasteiger partial charge in [-0.05, 0) is 94.0 Å². The Bertz CT molecular complexity index is 2960. The second-order valence-electron chi connectivity index (χ2n) is 12.9. The predicted molar refractivity (Wildman–Crippen MR) is 211 cm³/mol. The molecule has 0 aliphatic carbocycles. The number of aromatic nitrogens is 2. The summed E-state index contributed by atoms with van der Waals surface area (Å²) in [5.74, 6) is 0. The Morgan fingerprint density at radius 1 is 0.280 bits per heavy atom. The van der Waals surface area contributed by atoms with Crippen LogP contribution in [0.5, 0.6) is 0 Å². The van der Waals surface area contributed by atoms with Crippen molar-refractivity contribution in [2.24, 2.45) is 0 Å². The van der Waals surface area contributed by atoms with E-state index in [1.54, 1.807) is 0 Å². The lowest BCUT2D eigenvalue weighted by Crippen LogP contribution is -1.94. The van der Waals surface area contributed by atoms with Crippen molar-refractivity contribution in [1.82, 2.24) is 9.13 Å². The first-order chi connectivity index (χ1) is 25.6. The van der Waals surface area contributed by atoms with Gasteiger partial charge in [0.2, 0.25) is 0 Å². The number of nitrogens with zero attached hydrogens (tertiary/aromatic N) is 2. The van der Waals surface area contributed by atoms with Crippen molar-refractivity contribution in [2.75, 3.05) is 0 Å². The van der Waals surface area contributed by atoms with E-state index in [9.17, 15) is 0 Å². The van der Waals surface area contributed by atoms with Crippen LogP contribution >= 0.6 is 0 Å². The van der Waals surface area contributed by atoms with Gasteiger partial charge in [0.15, 0.2) is 0 Å². The minimum Gasteiger partial charge on any atom is -0.309 e. The van der Waals surface area contributed by atoms with E-state index in [1.807, 2.05) is 36.4 Å². The molecule has 10 rings (SSSR count). The quantitative estimate of drug-likeness (QED) is 0.178. The fourth-order valence-corrected chi connectivity index (χ4v) is 7.62. The van der Waals surface area contributed by atoms with Gasteiger partial charge in [0.25, 0.3) is 0 Å². The Kier molecular flexibility index (Phi) is 6.06. The van der Waals surface area contributed by atoms with Gasteiger partial charge in [-0.25, -0.2) is 0 Å². The van der Waals surface area contributed by atoms with Crippen LogP contribution in [-0.2, 0) is 0 Å². The lowest BCUT2D eigenvalue weighted by atomic mass is 10.0. The van der Waals surface area contributed by atoms with Gasteiger partial charge in [0.05, 0.1) is 24.8 Å². The summed E-state index contributed by atoms with van der Waals surface area (Å²) in [6.45, 7) is 0. The Balaban J connectivity index is 1.12. The summed E-state index contributed by atoms with van der Waals surface area (Å²) in [4.78, 5) is 0. The van der Waals surface area contributed by atoms with E-state index in [-0.39, 0.29) is 0 Å². The number of para-hydroxylation sites is 2. The smallest absolute Gasteiger partial charge is 0.0623 e. The van der Waals surface area contributed by atoms with Crippen LogP contribution in [0.3, 0.4) is 0 Å². The molecular formula is C48H32N2. The van der Waals surface area contributed by atoms with Crippen LogP contribution in [0.2, 0.25) is 0 Å². The van der Waals surface area contributed by atoms with E-state index >= 15 is 0 Å². The van der Waals surface area contributed by atoms with E-state index in [2.05, 4.69) is 155 Å². The Morgan fingerprint density at radius 3 is 1.30 bits per heavy atom. The lowest BCUT2D eigenvalue weighted by molar-refractivity contribution is 1.18. The molecule has 10 aromatic rings. The minimum atomic E-state index is 0.493. The highest BCUT2D eigenvalue weighted by Gasteiger charge is 2.16. The van der Waals surface area contributed by atoms with E-state index in [1.165, 1.54) is 16.7 Å². The molecule has 0 saturated carbocycles. The van der Waals surface area contributed by atoms with Crippen molar-refractivity contribution in [1.29, 1.82) is 0 Å². The summed E-state index contributed by atoms with van der Waals surface area (Å²) in [5, 5.41) is 4.35.